The van der Waals surface area contributed by atoms with E-state index >= 15 is 0 Å². The third kappa shape index (κ3) is 2.67. The van der Waals surface area contributed by atoms with Gasteiger partial charge in [-0.25, -0.2) is 4.39 Å². The smallest absolute Gasteiger partial charge is 0.128 e. The summed E-state index contributed by atoms with van der Waals surface area (Å²) in [6.45, 7) is 0.499. The van der Waals surface area contributed by atoms with Crippen LogP contribution in [0.2, 0.25) is 0 Å². The summed E-state index contributed by atoms with van der Waals surface area (Å²) in [5.41, 5.74) is 2.24. The summed E-state index contributed by atoms with van der Waals surface area (Å²) >= 11 is 0. The first kappa shape index (κ1) is 12.1. The Balaban J connectivity index is 2.15. The second-order valence-corrected chi connectivity index (χ2v) is 4.11. The van der Waals surface area contributed by atoms with Crippen molar-refractivity contribution in [2.75, 3.05) is 11.9 Å². The molecule has 0 amide bonds. The lowest BCUT2D eigenvalue weighted by Crippen LogP contribution is -2.17. The van der Waals surface area contributed by atoms with Gasteiger partial charge in [0.05, 0.1) is 11.6 Å². The van der Waals surface area contributed by atoms with E-state index in [9.17, 15) is 4.39 Å². The number of hydrogen-bond donors (Lipinski definition) is 0. The van der Waals surface area contributed by atoms with Crippen molar-refractivity contribution in [3.05, 3.63) is 65.5 Å². The Hall–Kier alpha value is -2.34. The molecule has 0 saturated carbocycles. The van der Waals surface area contributed by atoms with Crippen LogP contribution >= 0.6 is 0 Å². The van der Waals surface area contributed by atoms with Crippen molar-refractivity contribution >= 4 is 5.69 Å². The molecule has 18 heavy (non-hydrogen) atoms. The molecule has 2 rings (SSSR count). The second-order valence-electron chi connectivity index (χ2n) is 4.11. The van der Waals surface area contributed by atoms with E-state index in [-0.39, 0.29) is 5.82 Å². The summed E-state index contributed by atoms with van der Waals surface area (Å²) in [6.07, 6.45) is 0. The highest BCUT2D eigenvalue weighted by Crippen LogP contribution is 2.17. The maximum Gasteiger partial charge on any atom is 0.128 e. The van der Waals surface area contributed by atoms with Crippen LogP contribution in [0.25, 0.3) is 0 Å². The highest BCUT2D eigenvalue weighted by Gasteiger charge is 2.05. The van der Waals surface area contributed by atoms with Gasteiger partial charge in [0, 0.05) is 24.8 Å². The first-order valence-electron chi connectivity index (χ1n) is 5.65. The predicted molar refractivity (Wildman–Crippen MR) is 69.7 cm³/mol. The molecule has 0 aliphatic carbocycles. The minimum atomic E-state index is -0.196. The third-order valence-electron chi connectivity index (χ3n) is 2.80. The normalized spacial score (nSPS) is 9.83. The molecule has 0 spiro atoms. The minimum absolute atomic E-state index is 0.196. The molecule has 0 atom stereocenters. The van der Waals surface area contributed by atoms with Gasteiger partial charge in [0.15, 0.2) is 0 Å². The zero-order valence-electron chi connectivity index (χ0n) is 10.1. The Morgan fingerprint density at radius 1 is 1.11 bits per heavy atom. The van der Waals surface area contributed by atoms with Crippen molar-refractivity contribution in [2.24, 2.45) is 0 Å². The van der Waals surface area contributed by atoms with Gasteiger partial charge in [-0.15, -0.1) is 0 Å². The molecule has 0 N–H and O–H groups in total. The molecule has 0 aromatic heterocycles. The Morgan fingerprint density at radius 2 is 1.78 bits per heavy atom. The van der Waals surface area contributed by atoms with E-state index in [0.29, 0.717) is 17.7 Å². The Kier molecular flexibility index (Phi) is 3.59. The number of hydrogen-bond acceptors (Lipinski definition) is 2. The zero-order chi connectivity index (χ0) is 13.0. The second kappa shape index (κ2) is 5.33. The van der Waals surface area contributed by atoms with Crippen molar-refractivity contribution in [2.45, 2.75) is 6.54 Å². The molecule has 0 radical (unpaired) electrons. The molecule has 2 nitrogen and oxygen atoms in total. The Labute approximate surface area is 106 Å². The highest BCUT2D eigenvalue weighted by atomic mass is 19.1. The average Bonchev–Trinajstić information content (AvgIpc) is 2.41. The van der Waals surface area contributed by atoms with Gasteiger partial charge in [0.1, 0.15) is 5.82 Å². The molecule has 0 heterocycles. The van der Waals surface area contributed by atoms with E-state index in [1.807, 2.05) is 30.1 Å². The summed E-state index contributed by atoms with van der Waals surface area (Å²) in [5, 5.41) is 8.73. The number of benzene rings is 2. The largest absolute Gasteiger partial charge is 0.370 e. The van der Waals surface area contributed by atoms with Crippen LogP contribution in [0.3, 0.4) is 0 Å². The lowest BCUT2D eigenvalue weighted by atomic mass is 10.1. The monoisotopic (exact) mass is 240 g/mol. The van der Waals surface area contributed by atoms with Crippen LogP contribution < -0.4 is 4.90 Å². The molecular formula is C15H13FN2. The fraction of sp³-hybridized carbons (Fsp3) is 0.133. The predicted octanol–water partition coefficient (Wildman–Crippen LogP) is 3.33. The molecule has 0 unspecified atom stereocenters. The van der Waals surface area contributed by atoms with E-state index in [4.69, 9.17) is 5.26 Å². The highest BCUT2D eigenvalue weighted by molar-refractivity contribution is 5.49. The van der Waals surface area contributed by atoms with Crippen molar-refractivity contribution in [1.29, 1.82) is 5.26 Å². The molecule has 0 aliphatic heterocycles. The van der Waals surface area contributed by atoms with Gasteiger partial charge in [-0.3, -0.25) is 0 Å². The number of rotatable bonds is 3. The van der Waals surface area contributed by atoms with Gasteiger partial charge in [0.2, 0.25) is 0 Å². The molecule has 0 saturated heterocycles. The lowest BCUT2D eigenvalue weighted by Gasteiger charge is -2.19. The van der Waals surface area contributed by atoms with Crippen LogP contribution in [-0.2, 0) is 6.54 Å². The van der Waals surface area contributed by atoms with Crippen LogP contribution in [-0.4, -0.2) is 7.05 Å². The van der Waals surface area contributed by atoms with E-state index in [1.54, 1.807) is 24.3 Å². The number of halogens is 1. The molecule has 0 fully saturated rings. The van der Waals surface area contributed by atoms with Crippen LogP contribution in [0, 0.1) is 17.1 Å². The molecule has 3 heteroatoms. The molecule has 0 bridgehead atoms. The lowest BCUT2D eigenvalue weighted by molar-refractivity contribution is 0.608. The molecular weight excluding hydrogens is 227 g/mol. The molecule has 90 valence electrons. The molecule has 0 aliphatic rings. The van der Waals surface area contributed by atoms with E-state index in [0.717, 1.165) is 5.69 Å². The SMILES string of the molecule is CN(Cc1ccccc1F)c1ccc(C#N)cc1. The number of nitriles is 1. The molecule has 2 aromatic rings. The summed E-state index contributed by atoms with van der Waals surface area (Å²) in [6, 6.07) is 16.0. The summed E-state index contributed by atoms with van der Waals surface area (Å²) in [7, 11) is 1.90. The quantitative estimate of drug-likeness (QED) is 0.822. The van der Waals surface area contributed by atoms with Crippen molar-refractivity contribution in [1.82, 2.24) is 0 Å². The van der Waals surface area contributed by atoms with Crippen LogP contribution in [0.4, 0.5) is 10.1 Å². The van der Waals surface area contributed by atoms with Gasteiger partial charge >= 0.3 is 0 Å². The number of anilines is 1. The maximum absolute atomic E-state index is 13.5. The Morgan fingerprint density at radius 3 is 2.39 bits per heavy atom. The van der Waals surface area contributed by atoms with Crippen molar-refractivity contribution in [3.8, 4) is 6.07 Å². The third-order valence-corrected chi connectivity index (χ3v) is 2.80. The van der Waals surface area contributed by atoms with E-state index in [2.05, 4.69) is 6.07 Å². The van der Waals surface area contributed by atoms with E-state index < -0.39 is 0 Å². The first-order valence-corrected chi connectivity index (χ1v) is 5.65. The zero-order valence-corrected chi connectivity index (χ0v) is 10.1. The van der Waals surface area contributed by atoms with Crippen LogP contribution in [0.1, 0.15) is 11.1 Å². The van der Waals surface area contributed by atoms with Gasteiger partial charge in [0.25, 0.3) is 0 Å². The first-order chi connectivity index (χ1) is 8.70. The van der Waals surface area contributed by atoms with Crippen LogP contribution in [0.15, 0.2) is 48.5 Å². The van der Waals surface area contributed by atoms with Gasteiger partial charge in [-0.05, 0) is 30.3 Å². The van der Waals surface area contributed by atoms with Crippen molar-refractivity contribution in [3.63, 3.8) is 0 Å². The van der Waals surface area contributed by atoms with Gasteiger partial charge in [-0.1, -0.05) is 18.2 Å². The average molecular weight is 240 g/mol. The fourth-order valence-electron chi connectivity index (χ4n) is 1.76. The van der Waals surface area contributed by atoms with Gasteiger partial charge in [-0.2, -0.15) is 5.26 Å². The van der Waals surface area contributed by atoms with Crippen molar-refractivity contribution < 1.29 is 4.39 Å². The summed E-state index contributed by atoms with van der Waals surface area (Å²) < 4.78 is 13.5. The van der Waals surface area contributed by atoms with E-state index in [1.165, 1.54) is 6.07 Å². The fourth-order valence-corrected chi connectivity index (χ4v) is 1.76. The minimum Gasteiger partial charge on any atom is -0.370 e. The van der Waals surface area contributed by atoms with Crippen LogP contribution in [0.5, 0.6) is 0 Å². The summed E-state index contributed by atoms with van der Waals surface area (Å²) in [4.78, 5) is 1.94. The molecule has 2 aromatic carbocycles. The topological polar surface area (TPSA) is 27.0 Å². The number of nitrogens with zero attached hydrogens (tertiary/aromatic N) is 2. The Bertz CT molecular complexity index is 570. The standard InChI is InChI=1S/C15H13FN2/c1-18(11-13-4-2-3-5-15(13)16)14-8-6-12(10-17)7-9-14/h2-9H,11H2,1H3. The maximum atomic E-state index is 13.5. The van der Waals surface area contributed by atoms with Gasteiger partial charge < -0.3 is 4.90 Å². The summed E-state index contributed by atoms with van der Waals surface area (Å²) in [5.74, 6) is -0.196.